The summed E-state index contributed by atoms with van der Waals surface area (Å²) in [5.41, 5.74) is 0.932. The summed E-state index contributed by atoms with van der Waals surface area (Å²) in [7, 11) is 3.67. The van der Waals surface area contributed by atoms with E-state index in [0.717, 1.165) is 12.8 Å². The lowest BCUT2D eigenvalue weighted by Crippen LogP contribution is -2.37. The molecule has 1 aliphatic rings. The van der Waals surface area contributed by atoms with Gasteiger partial charge in [-0.1, -0.05) is 19.3 Å². The molecule has 0 aromatic carbocycles. The summed E-state index contributed by atoms with van der Waals surface area (Å²) in [5, 5.41) is 12.0. The fourth-order valence-corrected chi connectivity index (χ4v) is 2.02. The number of nitrogens with zero attached hydrogens (tertiary/aromatic N) is 2. The normalized spacial score (nSPS) is 18.0. The molecule has 1 rings (SSSR count). The van der Waals surface area contributed by atoms with Gasteiger partial charge in [-0.25, -0.2) is 0 Å². The van der Waals surface area contributed by atoms with Gasteiger partial charge in [0, 0.05) is 25.8 Å². The predicted molar refractivity (Wildman–Crippen MR) is 67.0 cm³/mol. The van der Waals surface area contributed by atoms with Crippen LogP contribution < -0.4 is 5.32 Å². The minimum Gasteiger partial charge on any atom is -0.380 e. The number of hydrogen-bond acceptors (Lipinski definition) is 3. The highest BCUT2D eigenvalue weighted by Crippen LogP contribution is 2.18. The van der Waals surface area contributed by atoms with Crippen LogP contribution in [0.2, 0.25) is 0 Å². The molecule has 17 heavy (non-hydrogen) atoms. The predicted octanol–water partition coefficient (Wildman–Crippen LogP) is 1.79. The van der Waals surface area contributed by atoms with E-state index in [-0.39, 0.29) is 17.5 Å². The molecule has 0 spiro atoms. The first kappa shape index (κ1) is 13.6. The molecule has 1 saturated carbocycles. The maximum Gasteiger partial charge on any atom is 0.263 e. The summed E-state index contributed by atoms with van der Waals surface area (Å²) < 4.78 is 0. The Morgan fingerprint density at radius 1 is 1.29 bits per heavy atom. The maximum absolute atomic E-state index is 12.0. The zero-order valence-corrected chi connectivity index (χ0v) is 10.9. The molecule has 0 aliphatic heterocycles. The van der Waals surface area contributed by atoms with Gasteiger partial charge in [-0.15, -0.1) is 0 Å². The van der Waals surface area contributed by atoms with Gasteiger partial charge in [0.2, 0.25) is 0 Å². The van der Waals surface area contributed by atoms with Crippen LogP contribution in [-0.2, 0) is 4.79 Å². The fraction of sp³-hybridized carbons (Fsp3) is 0.692. The first-order valence-corrected chi connectivity index (χ1v) is 6.15. The van der Waals surface area contributed by atoms with Crippen LogP contribution in [0.15, 0.2) is 11.3 Å². The molecule has 0 radical (unpaired) electrons. The molecule has 1 aliphatic carbocycles. The number of carbonyl (C=O) groups excluding carboxylic acids is 1. The third-order valence-corrected chi connectivity index (χ3v) is 3.31. The van der Waals surface area contributed by atoms with Crippen molar-refractivity contribution in [1.82, 2.24) is 10.2 Å². The van der Waals surface area contributed by atoms with Gasteiger partial charge in [0.1, 0.15) is 11.6 Å². The highest BCUT2D eigenvalue weighted by atomic mass is 16.1. The summed E-state index contributed by atoms with van der Waals surface area (Å²) in [4.78, 5) is 13.8. The Labute approximate surface area is 103 Å². The van der Waals surface area contributed by atoms with E-state index in [1.807, 2.05) is 20.2 Å². The lowest BCUT2D eigenvalue weighted by atomic mass is 9.95. The molecule has 0 heterocycles. The molecule has 94 valence electrons. The van der Waals surface area contributed by atoms with Gasteiger partial charge in [-0.05, 0) is 19.8 Å². The highest BCUT2D eigenvalue weighted by Gasteiger charge is 2.19. The molecule has 1 fully saturated rings. The van der Waals surface area contributed by atoms with Crippen molar-refractivity contribution >= 4 is 5.91 Å². The molecule has 0 bridgehead atoms. The Bertz CT molecular complexity index is 346. The Hall–Kier alpha value is -1.50. The average molecular weight is 235 g/mol. The van der Waals surface area contributed by atoms with E-state index >= 15 is 0 Å². The minimum atomic E-state index is -0.231. The second-order valence-electron chi connectivity index (χ2n) is 4.78. The molecule has 0 unspecified atom stereocenters. The Morgan fingerprint density at radius 2 is 1.88 bits per heavy atom. The molecule has 0 aromatic rings. The number of hydrogen-bond donors (Lipinski definition) is 1. The van der Waals surface area contributed by atoms with Crippen LogP contribution >= 0.6 is 0 Å². The molecular weight excluding hydrogens is 214 g/mol. The van der Waals surface area contributed by atoms with E-state index in [1.54, 1.807) is 11.8 Å². The van der Waals surface area contributed by atoms with E-state index in [1.165, 1.54) is 19.3 Å². The summed E-state index contributed by atoms with van der Waals surface area (Å²) in [6.07, 6.45) is 5.66. The second-order valence-corrected chi connectivity index (χ2v) is 4.78. The second kappa shape index (κ2) is 6.29. The standard InChI is InChI=1S/C13H21N3O/c1-10(16(2)3)12(9-14)13(17)15-11-7-5-4-6-8-11/h11H,4-8H2,1-3H3,(H,15,17). The summed E-state index contributed by atoms with van der Waals surface area (Å²) in [6.45, 7) is 1.79. The first-order chi connectivity index (χ1) is 8.06. The Balaban J connectivity index is 2.67. The third kappa shape index (κ3) is 3.77. The van der Waals surface area contributed by atoms with Gasteiger partial charge in [0.15, 0.2) is 0 Å². The van der Waals surface area contributed by atoms with Gasteiger partial charge < -0.3 is 10.2 Å². The van der Waals surface area contributed by atoms with Crippen LogP contribution in [0.1, 0.15) is 39.0 Å². The summed E-state index contributed by atoms with van der Waals surface area (Å²) in [5.74, 6) is -0.231. The molecule has 4 heteroatoms. The lowest BCUT2D eigenvalue weighted by Gasteiger charge is -2.23. The molecule has 0 aromatic heterocycles. The number of nitrogens with one attached hydrogen (secondary N) is 1. The number of amides is 1. The van der Waals surface area contributed by atoms with E-state index < -0.39 is 0 Å². The van der Waals surface area contributed by atoms with Crippen LogP contribution in [0.4, 0.5) is 0 Å². The van der Waals surface area contributed by atoms with Crippen molar-refractivity contribution in [3.05, 3.63) is 11.3 Å². The van der Waals surface area contributed by atoms with Gasteiger partial charge in [-0.3, -0.25) is 4.79 Å². The third-order valence-electron chi connectivity index (χ3n) is 3.31. The van der Waals surface area contributed by atoms with Crippen LogP contribution in [0.3, 0.4) is 0 Å². The van der Waals surface area contributed by atoms with Gasteiger partial charge >= 0.3 is 0 Å². The van der Waals surface area contributed by atoms with Crippen molar-refractivity contribution < 1.29 is 4.79 Å². The van der Waals surface area contributed by atoms with Crippen molar-refractivity contribution in [3.63, 3.8) is 0 Å². The fourth-order valence-electron chi connectivity index (χ4n) is 2.02. The smallest absolute Gasteiger partial charge is 0.263 e. The molecular formula is C13H21N3O. The zero-order chi connectivity index (χ0) is 12.8. The van der Waals surface area contributed by atoms with Gasteiger partial charge in [0.25, 0.3) is 5.91 Å². The highest BCUT2D eigenvalue weighted by molar-refractivity contribution is 5.98. The SMILES string of the molecule is CC(=C(C#N)C(=O)NC1CCCCC1)N(C)C. The summed E-state index contributed by atoms with van der Waals surface area (Å²) in [6, 6.07) is 2.24. The zero-order valence-electron chi connectivity index (χ0n) is 10.9. The largest absolute Gasteiger partial charge is 0.380 e. The van der Waals surface area contributed by atoms with Crippen molar-refractivity contribution in [3.8, 4) is 6.07 Å². The number of rotatable bonds is 3. The van der Waals surface area contributed by atoms with Crippen LogP contribution in [0.25, 0.3) is 0 Å². The molecule has 0 saturated heterocycles. The van der Waals surface area contributed by atoms with E-state index in [2.05, 4.69) is 5.32 Å². The Kier molecular flexibility index (Phi) is 5.02. The molecule has 1 amide bonds. The van der Waals surface area contributed by atoms with Crippen molar-refractivity contribution in [2.75, 3.05) is 14.1 Å². The van der Waals surface area contributed by atoms with E-state index in [4.69, 9.17) is 5.26 Å². The average Bonchev–Trinajstić information content (AvgIpc) is 2.30. The van der Waals surface area contributed by atoms with Gasteiger partial charge in [0.05, 0.1) is 0 Å². The topological polar surface area (TPSA) is 56.1 Å². The summed E-state index contributed by atoms with van der Waals surface area (Å²) >= 11 is 0. The lowest BCUT2D eigenvalue weighted by molar-refractivity contribution is -0.118. The Morgan fingerprint density at radius 3 is 2.35 bits per heavy atom. The van der Waals surface area contributed by atoms with Crippen LogP contribution in [0, 0.1) is 11.3 Å². The number of carbonyl (C=O) groups is 1. The maximum atomic E-state index is 12.0. The minimum absolute atomic E-state index is 0.223. The molecule has 4 nitrogen and oxygen atoms in total. The van der Waals surface area contributed by atoms with Crippen LogP contribution in [0.5, 0.6) is 0 Å². The van der Waals surface area contributed by atoms with Crippen molar-refractivity contribution in [1.29, 1.82) is 5.26 Å². The van der Waals surface area contributed by atoms with Crippen molar-refractivity contribution in [2.24, 2.45) is 0 Å². The van der Waals surface area contributed by atoms with E-state index in [0.29, 0.717) is 5.70 Å². The monoisotopic (exact) mass is 235 g/mol. The number of nitriles is 1. The van der Waals surface area contributed by atoms with Crippen molar-refractivity contribution in [2.45, 2.75) is 45.1 Å². The van der Waals surface area contributed by atoms with Crippen LogP contribution in [-0.4, -0.2) is 30.9 Å². The molecule has 0 atom stereocenters. The quantitative estimate of drug-likeness (QED) is 0.599. The van der Waals surface area contributed by atoms with E-state index in [9.17, 15) is 4.79 Å². The number of allylic oxidation sites excluding steroid dienone is 1. The van der Waals surface area contributed by atoms with Gasteiger partial charge in [-0.2, -0.15) is 5.26 Å². The first-order valence-electron chi connectivity index (χ1n) is 6.15. The molecule has 1 N–H and O–H groups in total.